The van der Waals surface area contributed by atoms with Crippen molar-refractivity contribution in [1.29, 1.82) is 0 Å². The molecule has 0 bridgehead atoms. The van der Waals surface area contributed by atoms with Crippen LogP contribution in [-0.2, 0) is 5.54 Å². The lowest BCUT2D eigenvalue weighted by atomic mass is 10.1. The number of aromatic nitrogens is 3. The number of hydrogen-bond acceptors (Lipinski definition) is 4. The highest BCUT2D eigenvalue weighted by atomic mass is 16.2. The average Bonchev–Trinajstić information content (AvgIpc) is 3.49. The number of anilines is 1. The Hall–Kier alpha value is -3.22. The van der Waals surface area contributed by atoms with Crippen LogP contribution in [0, 0.1) is 6.92 Å². The first kappa shape index (κ1) is 21.0. The SMILES string of the molecule is Cc1nn(C(C)(C)C)c2nc(C3CC3)cc(C(=O)Nc3cccc(C(=O)N(C)C)c3)c12. The molecule has 7 nitrogen and oxygen atoms in total. The van der Waals surface area contributed by atoms with E-state index in [-0.39, 0.29) is 17.4 Å². The number of rotatable bonds is 4. The number of benzene rings is 1. The van der Waals surface area contributed by atoms with Gasteiger partial charge in [-0.05, 0) is 64.8 Å². The lowest BCUT2D eigenvalue weighted by Gasteiger charge is -2.20. The second-order valence-electron chi connectivity index (χ2n) is 9.47. The summed E-state index contributed by atoms with van der Waals surface area (Å²) in [6.07, 6.45) is 2.19. The monoisotopic (exact) mass is 419 g/mol. The van der Waals surface area contributed by atoms with E-state index in [1.165, 1.54) is 4.90 Å². The Morgan fingerprint density at radius 2 is 1.87 bits per heavy atom. The minimum absolute atomic E-state index is 0.110. The summed E-state index contributed by atoms with van der Waals surface area (Å²) < 4.78 is 1.91. The highest BCUT2D eigenvalue weighted by Crippen LogP contribution is 2.41. The van der Waals surface area contributed by atoms with Crippen molar-refractivity contribution in [3.8, 4) is 0 Å². The lowest BCUT2D eigenvalue weighted by Crippen LogP contribution is -2.24. The van der Waals surface area contributed by atoms with Crippen LogP contribution in [0.15, 0.2) is 30.3 Å². The molecule has 1 aliphatic rings. The van der Waals surface area contributed by atoms with Crippen molar-refractivity contribution in [3.63, 3.8) is 0 Å². The molecule has 0 saturated heterocycles. The first-order chi connectivity index (χ1) is 14.6. The van der Waals surface area contributed by atoms with E-state index in [2.05, 4.69) is 26.1 Å². The highest BCUT2D eigenvalue weighted by Gasteiger charge is 2.30. The topological polar surface area (TPSA) is 80.1 Å². The van der Waals surface area contributed by atoms with Crippen LogP contribution in [0.1, 0.15) is 71.6 Å². The van der Waals surface area contributed by atoms with Crippen LogP contribution < -0.4 is 5.32 Å². The summed E-state index contributed by atoms with van der Waals surface area (Å²) in [5.41, 5.74) is 3.90. The molecule has 1 aromatic carbocycles. The zero-order valence-electron chi connectivity index (χ0n) is 19.0. The van der Waals surface area contributed by atoms with Crippen molar-refractivity contribution in [2.24, 2.45) is 0 Å². The van der Waals surface area contributed by atoms with E-state index in [4.69, 9.17) is 10.1 Å². The molecular formula is C24H29N5O2. The number of aryl methyl sites for hydroxylation is 1. The minimum atomic E-state index is -0.254. The predicted octanol–water partition coefficient (Wildman–Crippen LogP) is 4.33. The fourth-order valence-corrected chi connectivity index (χ4v) is 3.73. The number of fused-ring (bicyclic) bond motifs is 1. The Labute approximate surface area is 182 Å². The molecule has 2 heterocycles. The molecule has 1 saturated carbocycles. The number of amides is 2. The van der Waals surface area contributed by atoms with Gasteiger partial charge >= 0.3 is 0 Å². The smallest absolute Gasteiger partial charge is 0.256 e. The fourth-order valence-electron chi connectivity index (χ4n) is 3.73. The Bertz CT molecular complexity index is 1180. The molecule has 3 aromatic rings. The third-order valence-electron chi connectivity index (χ3n) is 5.48. The molecule has 0 unspecified atom stereocenters. The highest BCUT2D eigenvalue weighted by molar-refractivity contribution is 6.13. The quantitative estimate of drug-likeness (QED) is 0.683. The molecular weight excluding hydrogens is 390 g/mol. The molecule has 4 rings (SSSR count). The number of pyridine rings is 1. The van der Waals surface area contributed by atoms with Crippen molar-refractivity contribution in [2.75, 3.05) is 19.4 Å². The van der Waals surface area contributed by atoms with E-state index in [0.717, 1.165) is 35.3 Å². The van der Waals surface area contributed by atoms with Crippen LogP contribution in [0.5, 0.6) is 0 Å². The van der Waals surface area contributed by atoms with Crippen LogP contribution in [0.4, 0.5) is 5.69 Å². The van der Waals surface area contributed by atoms with Gasteiger partial charge in [0.2, 0.25) is 0 Å². The summed E-state index contributed by atoms with van der Waals surface area (Å²) >= 11 is 0. The van der Waals surface area contributed by atoms with Crippen molar-refractivity contribution in [1.82, 2.24) is 19.7 Å². The Kier molecular flexibility index (Phi) is 5.07. The van der Waals surface area contributed by atoms with Crippen LogP contribution in [0.2, 0.25) is 0 Å². The minimum Gasteiger partial charge on any atom is -0.345 e. The second-order valence-corrected chi connectivity index (χ2v) is 9.47. The standard InChI is InChI=1S/C24H29N5O2/c1-14-20-18(22(30)25-17-9-7-8-16(12-17)23(31)28(5)6)13-19(15-10-11-15)26-21(20)29(27-14)24(2,3)4/h7-9,12-13,15H,10-11H2,1-6H3,(H,25,30). The van der Waals surface area contributed by atoms with E-state index in [1.807, 2.05) is 17.7 Å². The van der Waals surface area contributed by atoms with Gasteiger partial charge in [-0.2, -0.15) is 5.10 Å². The van der Waals surface area contributed by atoms with Gasteiger partial charge in [-0.25, -0.2) is 9.67 Å². The molecule has 7 heteroatoms. The largest absolute Gasteiger partial charge is 0.345 e. The van der Waals surface area contributed by atoms with E-state index < -0.39 is 0 Å². The summed E-state index contributed by atoms with van der Waals surface area (Å²) in [5, 5.41) is 8.46. The van der Waals surface area contributed by atoms with Gasteiger partial charge in [0, 0.05) is 37.0 Å². The van der Waals surface area contributed by atoms with E-state index in [1.54, 1.807) is 38.4 Å². The molecule has 0 radical (unpaired) electrons. The van der Waals surface area contributed by atoms with Crippen LogP contribution in [-0.4, -0.2) is 45.6 Å². The van der Waals surface area contributed by atoms with Gasteiger partial charge in [-0.15, -0.1) is 0 Å². The zero-order chi connectivity index (χ0) is 22.5. The molecule has 1 aliphatic carbocycles. The van der Waals surface area contributed by atoms with Crippen LogP contribution in [0.3, 0.4) is 0 Å². The van der Waals surface area contributed by atoms with Crippen molar-refractivity contribution < 1.29 is 9.59 Å². The van der Waals surface area contributed by atoms with Gasteiger partial charge < -0.3 is 10.2 Å². The van der Waals surface area contributed by atoms with Gasteiger partial charge in [-0.1, -0.05) is 6.07 Å². The van der Waals surface area contributed by atoms with E-state index in [9.17, 15) is 9.59 Å². The number of carbonyl (C=O) groups is 2. The second kappa shape index (κ2) is 7.48. The molecule has 0 spiro atoms. The maximum absolute atomic E-state index is 13.4. The number of nitrogens with zero attached hydrogens (tertiary/aromatic N) is 4. The van der Waals surface area contributed by atoms with Gasteiger partial charge in [0.15, 0.2) is 5.65 Å². The number of hydrogen-bond donors (Lipinski definition) is 1. The van der Waals surface area contributed by atoms with Gasteiger partial charge in [0.25, 0.3) is 11.8 Å². The maximum atomic E-state index is 13.4. The fraction of sp³-hybridized carbons (Fsp3) is 0.417. The molecule has 0 aliphatic heterocycles. The lowest BCUT2D eigenvalue weighted by molar-refractivity contribution is 0.0827. The zero-order valence-corrected chi connectivity index (χ0v) is 19.0. The molecule has 31 heavy (non-hydrogen) atoms. The Morgan fingerprint density at radius 1 is 1.16 bits per heavy atom. The summed E-state index contributed by atoms with van der Waals surface area (Å²) in [7, 11) is 3.41. The van der Waals surface area contributed by atoms with Crippen LogP contribution >= 0.6 is 0 Å². The van der Waals surface area contributed by atoms with Crippen molar-refractivity contribution >= 4 is 28.5 Å². The maximum Gasteiger partial charge on any atom is 0.256 e. The molecule has 162 valence electrons. The molecule has 2 aromatic heterocycles. The summed E-state index contributed by atoms with van der Waals surface area (Å²) in [6.45, 7) is 8.16. The van der Waals surface area contributed by atoms with E-state index >= 15 is 0 Å². The van der Waals surface area contributed by atoms with E-state index in [0.29, 0.717) is 22.7 Å². The summed E-state index contributed by atoms with van der Waals surface area (Å²) in [6, 6.07) is 8.91. The number of nitrogens with one attached hydrogen (secondary N) is 1. The first-order valence-electron chi connectivity index (χ1n) is 10.6. The van der Waals surface area contributed by atoms with Gasteiger partial charge in [-0.3, -0.25) is 9.59 Å². The Morgan fingerprint density at radius 3 is 2.48 bits per heavy atom. The Balaban J connectivity index is 1.77. The molecule has 0 atom stereocenters. The number of carbonyl (C=O) groups excluding carboxylic acids is 2. The molecule has 1 N–H and O–H groups in total. The third kappa shape index (κ3) is 4.04. The average molecular weight is 420 g/mol. The third-order valence-corrected chi connectivity index (χ3v) is 5.48. The van der Waals surface area contributed by atoms with Crippen LogP contribution in [0.25, 0.3) is 11.0 Å². The van der Waals surface area contributed by atoms with Crippen molar-refractivity contribution in [2.45, 2.75) is 52.0 Å². The normalized spacial score (nSPS) is 14.0. The molecule has 2 amide bonds. The summed E-state index contributed by atoms with van der Waals surface area (Å²) in [5.74, 6) is 0.0710. The van der Waals surface area contributed by atoms with Gasteiger partial charge in [0.1, 0.15) is 0 Å². The molecule has 1 fully saturated rings. The van der Waals surface area contributed by atoms with Gasteiger partial charge in [0.05, 0.1) is 22.2 Å². The summed E-state index contributed by atoms with van der Waals surface area (Å²) in [4.78, 5) is 32.1. The van der Waals surface area contributed by atoms with Crippen molar-refractivity contribution in [3.05, 3.63) is 52.8 Å². The first-order valence-corrected chi connectivity index (χ1v) is 10.6. The predicted molar refractivity (Wildman–Crippen MR) is 122 cm³/mol.